The third-order valence-corrected chi connectivity index (χ3v) is 6.80. The van der Waals surface area contributed by atoms with Gasteiger partial charge in [-0.25, -0.2) is 4.21 Å². The zero-order valence-corrected chi connectivity index (χ0v) is 19.7. The van der Waals surface area contributed by atoms with Gasteiger partial charge in [-0.05, 0) is 45.6 Å². The van der Waals surface area contributed by atoms with Crippen LogP contribution in [0.3, 0.4) is 0 Å². The minimum atomic E-state index is -1.50. The Bertz CT molecular complexity index is 885. The minimum absolute atomic E-state index is 0.00281. The maximum Gasteiger partial charge on any atom is 0.275 e. The van der Waals surface area contributed by atoms with Crippen LogP contribution in [-0.4, -0.2) is 41.5 Å². The number of anilines is 1. The standard InChI is InChI=1S/C22H30N2O4S2/c1-22(2,3)11-10-16-12-17(20(29-16)21(26)23-30(4)27)24-18(13-28-14-19(24)25)15-8-6-5-7-9-15/h12,15,18H,5-9,13-14H2,1-4H3,(H,23,26)/t18-,30?/m0/s1. The largest absolute Gasteiger partial charge is 0.369 e. The third-order valence-electron chi connectivity index (χ3n) is 5.28. The Morgan fingerprint density at radius 1 is 1.30 bits per heavy atom. The van der Waals surface area contributed by atoms with E-state index in [1.54, 1.807) is 4.90 Å². The number of ether oxygens (including phenoxy) is 1. The summed E-state index contributed by atoms with van der Waals surface area (Å²) in [4.78, 5) is 28.6. The van der Waals surface area contributed by atoms with Crippen molar-refractivity contribution in [1.82, 2.24) is 4.72 Å². The molecule has 1 aliphatic carbocycles. The van der Waals surface area contributed by atoms with Crippen LogP contribution in [0, 0.1) is 23.2 Å². The lowest BCUT2D eigenvalue weighted by molar-refractivity contribution is -0.128. The van der Waals surface area contributed by atoms with Crippen LogP contribution in [0.15, 0.2) is 6.07 Å². The third kappa shape index (κ3) is 5.71. The topological polar surface area (TPSA) is 75.7 Å². The molecule has 1 saturated carbocycles. The van der Waals surface area contributed by atoms with Gasteiger partial charge in [0, 0.05) is 11.7 Å². The summed E-state index contributed by atoms with van der Waals surface area (Å²) < 4.78 is 19.7. The number of morpholine rings is 1. The second-order valence-corrected chi connectivity index (χ2v) is 11.1. The van der Waals surface area contributed by atoms with E-state index in [0.29, 0.717) is 28.0 Å². The Hall–Kier alpha value is -1.69. The second-order valence-electron chi connectivity index (χ2n) is 8.95. The molecule has 3 rings (SSSR count). The van der Waals surface area contributed by atoms with Crippen molar-refractivity contribution in [2.24, 2.45) is 11.3 Å². The number of thiophene rings is 1. The van der Waals surface area contributed by atoms with Crippen LogP contribution in [0.25, 0.3) is 0 Å². The molecule has 2 heterocycles. The quantitative estimate of drug-likeness (QED) is 0.713. The molecule has 0 aromatic carbocycles. The van der Waals surface area contributed by atoms with Gasteiger partial charge in [-0.3, -0.25) is 14.3 Å². The molecule has 1 saturated heterocycles. The zero-order valence-electron chi connectivity index (χ0n) is 18.1. The molecule has 164 valence electrons. The van der Waals surface area contributed by atoms with Crippen molar-refractivity contribution in [3.63, 3.8) is 0 Å². The monoisotopic (exact) mass is 450 g/mol. The predicted molar refractivity (Wildman–Crippen MR) is 121 cm³/mol. The predicted octanol–water partition coefficient (Wildman–Crippen LogP) is 3.48. The Kier molecular flexibility index (Phi) is 7.38. The molecule has 2 aliphatic rings. The molecule has 0 radical (unpaired) electrons. The Labute approximate surface area is 185 Å². The van der Waals surface area contributed by atoms with E-state index in [0.717, 1.165) is 25.7 Å². The molecule has 2 atom stereocenters. The van der Waals surface area contributed by atoms with Crippen LogP contribution >= 0.6 is 11.3 Å². The lowest BCUT2D eigenvalue weighted by Crippen LogP contribution is -2.53. The molecule has 0 bridgehead atoms. The maximum atomic E-state index is 12.9. The summed E-state index contributed by atoms with van der Waals surface area (Å²) in [5.41, 5.74) is 0.377. The first kappa shape index (κ1) is 23.0. The fourth-order valence-corrected chi connectivity index (χ4v) is 5.31. The average Bonchev–Trinajstić information content (AvgIpc) is 3.10. The molecule has 2 amide bonds. The summed E-state index contributed by atoms with van der Waals surface area (Å²) >= 11 is 1.24. The molecule has 1 unspecified atom stereocenters. The van der Waals surface area contributed by atoms with Crippen LogP contribution in [0.2, 0.25) is 0 Å². The normalized spacial score (nSPS) is 21.7. The Morgan fingerprint density at radius 2 is 2.00 bits per heavy atom. The van der Waals surface area contributed by atoms with Gasteiger partial charge in [0.25, 0.3) is 11.8 Å². The number of carbonyl (C=O) groups excluding carboxylic acids is 2. The molecule has 2 fully saturated rings. The van der Waals surface area contributed by atoms with E-state index in [1.165, 1.54) is 24.0 Å². The summed E-state index contributed by atoms with van der Waals surface area (Å²) in [6.45, 7) is 6.53. The summed E-state index contributed by atoms with van der Waals surface area (Å²) in [5.74, 6) is 6.10. The fourth-order valence-electron chi connectivity index (χ4n) is 3.99. The van der Waals surface area contributed by atoms with Gasteiger partial charge < -0.3 is 9.64 Å². The molecule has 6 nitrogen and oxygen atoms in total. The molecule has 0 spiro atoms. The van der Waals surface area contributed by atoms with Gasteiger partial charge in [-0.2, -0.15) is 0 Å². The number of nitrogens with one attached hydrogen (secondary N) is 1. The molecule has 8 heteroatoms. The highest BCUT2D eigenvalue weighted by atomic mass is 32.2. The number of amides is 2. The smallest absolute Gasteiger partial charge is 0.275 e. The van der Waals surface area contributed by atoms with E-state index >= 15 is 0 Å². The number of rotatable bonds is 4. The first-order chi connectivity index (χ1) is 14.2. The molecule has 1 aliphatic heterocycles. The van der Waals surface area contributed by atoms with Crippen molar-refractivity contribution >= 4 is 39.8 Å². The van der Waals surface area contributed by atoms with Crippen LogP contribution in [0.1, 0.15) is 67.4 Å². The van der Waals surface area contributed by atoms with Gasteiger partial charge in [0.05, 0.1) is 23.2 Å². The molecule has 30 heavy (non-hydrogen) atoms. The van der Waals surface area contributed by atoms with E-state index in [4.69, 9.17) is 4.74 Å². The molecular weight excluding hydrogens is 420 g/mol. The number of hydrogen-bond donors (Lipinski definition) is 1. The van der Waals surface area contributed by atoms with Crippen molar-refractivity contribution in [3.8, 4) is 11.8 Å². The summed E-state index contributed by atoms with van der Waals surface area (Å²) in [6, 6.07) is 1.74. The lowest BCUT2D eigenvalue weighted by Gasteiger charge is -2.41. The van der Waals surface area contributed by atoms with E-state index in [-0.39, 0.29) is 24.0 Å². The van der Waals surface area contributed by atoms with Crippen molar-refractivity contribution < 1.29 is 18.5 Å². The van der Waals surface area contributed by atoms with Crippen molar-refractivity contribution in [3.05, 3.63) is 15.8 Å². The van der Waals surface area contributed by atoms with Crippen molar-refractivity contribution in [2.75, 3.05) is 24.4 Å². The van der Waals surface area contributed by atoms with Gasteiger partial charge >= 0.3 is 0 Å². The molecule has 1 aromatic heterocycles. The molecular formula is C22H30N2O4S2. The van der Waals surface area contributed by atoms with Crippen LogP contribution < -0.4 is 9.62 Å². The SMILES string of the molecule is CS(=O)NC(=O)c1sc(C#CC(C)(C)C)cc1N1C(=O)COC[C@H]1C1CCCCC1. The number of hydrogen-bond acceptors (Lipinski definition) is 5. The number of nitrogens with zero attached hydrogens (tertiary/aromatic N) is 1. The van der Waals surface area contributed by atoms with Gasteiger partial charge in [0.2, 0.25) is 0 Å². The zero-order chi connectivity index (χ0) is 21.9. The highest BCUT2D eigenvalue weighted by Crippen LogP contribution is 2.38. The lowest BCUT2D eigenvalue weighted by atomic mass is 9.83. The van der Waals surface area contributed by atoms with Crippen molar-refractivity contribution in [2.45, 2.75) is 58.9 Å². The summed E-state index contributed by atoms with van der Waals surface area (Å²) in [7, 11) is -1.50. The number of carbonyl (C=O) groups is 2. The fraction of sp³-hybridized carbons (Fsp3) is 0.636. The van der Waals surface area contributed by atoms with Crippen LogP contribution in [-0.2, 0) is 20.5 Å². The first-order valence-corrected chi connectivity index (χ1v) is 12.7. The van der Waals surface area contributed by atoms with Crippen LogP contribution in [0.4, 0.5) is 5.69 Å². The summed E-state index contributed by atoms with van der Waals surface area (Å²) in [5, 5.41) is 0. The van der Waals surface area contributed by atoms with Gasteiger partial charge in [-0.15, -0.1) is 11.3 Å². The first-order valence-electron chi connectivity index (χ1n) is 10.4. The highest BCUT2D eigenvalue weighted by Gasteiger charge is 2.38. The van der Waals surface area contributed by atoms with Gasteiger partial charge in [0.1, 0.15) is 22.5 Å². The Balaban J connectivity index is 2.03. The minimum Gasteiger partial charge on any atom is -0.369 e. The second kappa shape index (κ2) is 9.63. The van der Waals surface area contributed by atoms with E-state index in [1.807, 2.05) is 26.8 Å². The van der Waals surface area contributed by atoms with Crippen molar-refractivity contribution in [1.29, 1.82) is 0 Å². The Morgan fingerprint density at radius 3 is 2.63 bits per heavy atom. The van der Waals surface area contributed by atoms with Crippen LogP contribution in [0.5, 0.6) is 0 Å². The van der Waals surface area contributed by atoms with Gasteiger partial charge in [-0.1, -0.05) is 31.1 Å². The average molecular weight is 451 g/mol. The van der Waals surface area contributed by atoms with E-state index in [2.05, 4.69) is 16.6 Å². The molecule has 1 N–H and O–H groups in total. The highest BCUT2D eigenvalue weighted by molar-refractivity contribution is 7.82. The maximum absolute atomic E-state index is 12.9. The van der Waals surface area contributed by atoms with E-state index < -0.39 is 16.9 Å². The van der Waals surface area contributed by atoms with Gasteiger partial charge in [0.15, 0.2) is 0 Å². The molecule has 1 aromatic rings. The van der Waals surface area contributed by atoms with E-state index in [9.17, 15) is 13.8 Å². The summed E-state index contributed by atoms with van der Waals surface area (Å²) in [6.07, 6.45) is 7.04.